The van der Waals surface area contributed by atoms with Crippen LogP contribution in [0, 0.1) is 23.1 Å². The van der Waals surface area contributed by atoms with Crippen molar-refractivity contribution in [1.82, 2.24) is 14.9 Å². The second-order valence-corrected chi connectivity index (χ2v) is 19.5. The van der Waals surface area contributed by atoms with Gasteiger partial charge in [-0.25, -0.2) is 12.8 Å². The van der Waals surface area contributed by atoms with Gasteiger partial charge in [-0.05, 0) is 117 Å². The number of amides is 3. The number of aryl methyl sites for hydroxylation is 1. The number of rotatable bonds is 13. The minimum atomic E-state index is -4.93. The molecule has 1 aliphatic heterocycles. The number of carboxylic acids is 1. The van der Waals surface area contributed by atoms with Crippen LogP contribution in [0.15, 0.2) is 36.4 Å². The third-order valence-corrected chi connectivity index (χ3v) is 14.0. The largest absolute Gasteiger partial charge is 0.481 e. The molecule has 3 aliphatic carbocycles. The van der Waals surface area contributed by atoms with Gasteiger partial charge >= 0.3 is 12.1 Å². The van der Waals surface area contributed by atoms with Gasteiger partial charge in [-0.15, -0.1) is 0 Å². The highest BCUT2D eigenvalue weighted by atomic mass is 35.5. The van der Waals surface area contributed by atoms with Crippen LogP contribution in [0.1, 0.15) is 103 Å². The average molecular weight is 843 g/mol. The van der Waals surface area contributed by atoms with E-state index in [4.69, 9.17) is 16.7 Å². The summed E-state index contributed by atoms with van der Waals surface area (Å²) in [5, 5.41) is 15.0. The molecule has 4 aliphatic rings. The number of likely N-dealkylation sites (tertiary alicyclic amines) is 1. The summed E-state index contributed by atoms with van der Waals surface area (Å²) < 4.78 is 80.7. The van der Waals surface area contributed by atoms with E-state index < -0.39 is 79.1 Å². The van der Waals surface area contributed by atoms with Crippen LogP contribution >= 0.6 is 11.6 Å². The molecule has 3 saturated carbocycles. The molecule has 0 aromatic heterocycles. The van der Waals surface area contributed by atoms with E-state index >= 15 is 0 Å². The molecule has 6 rings (SSSR count). The van der Waals surface area contributed by atoms with Crippen LogP contribution in [0.4, 0.5) is 23.2 Å². The van der Waals surface area contributed by atoms with Crippen molar-refractivity contribution in [3.05, 3.63) is 63.9 Å². The van der Waals surface area contributed by atoms with Crippen molar-refractivity contribution >= 4 is 51.0 Å². The van der Waals surface area contributed by atoms with Crippen molar-refractivity contribution in [2.24, 2.45) is 17.3 Å². The highest BCUT2D eigenvalue weighted by Gasteiger charge is 2.67. The van der Waals surface area contributed by atoms with E-state index in [0.717, 1.165) is 41.5 Å². The molecule has 11 nitrogen and oxygen atoms in total. The molecule has 1 saturated heterocycles. The Hall–Kier alpha value is -3.92. The Morgan fingerprint density at radius 2 is 1.72 bits per heavy atom. The van der Waals surface area contributed by atoms with Crippen LogP contribution < -0.4 is 15.4 Å². The van der Waals surface area contributed by atoms with Crippen molar-refractivity contribution in [3.63, 3.8) is 0 Å². The zero-order valence-corrected chi connectivity index (χ0v) is 34.3. The van der Waals surface area contributed by atoms with Gasteiger partial charge in [-0.1, -0.05) is 51.4 Å². The number of nitrogens with one attached hydrogen (secondary N) is 3. The molecule has 2 aromatic rings. The normalized spacial score (nSPS) is 23.1. The fourth-order valence-corrected chi connectivity index (χ4v) is 9.13. The fraction of sp³-hybridized carbons (Fsp3) is 0.600. The monoisotopic (exact) mass is 842 g/mol. The molecular formula is C40H51ClF4N4O7S. The fourth-order valence-electron chi connectivity index (χ4n) is 7.49. The molecule has 57 heavy (non-hydrogen) atoms. The molecule has 4 fully saturated rings. The predicted molar refractivity (Wildman–Crippen MR) is 206 cm³/mol. The van der Waals surface area contributed by atoms with Gasteiger partial charge in [0.25, 0.3) is 5.91 Å². The van der Waals surface area contributed by atoms with E-state index in [9.17, 15) is 45.2 Å². The quantitative estimate of drug-likeness (QED) is 0.159. The Morgan fingerprint density at radius 3 is 2.28 bits per heavy atom. The van der Waals surface area contributed by atoms with Gasteiger partial charge in [0.15, 0.2) is 0 Å². The Balaban J connectivity index is 0.000000374. The first-order valence-electron chi connectivity index (χ1n) is 19.2. The Kier molecular flexibility index (Phi) is 12.7. The summed E-state index contributed by atoms with van der Waals surface area (Å²) in [4.78, 5) is 52.7. The van der Waals surface area contributed by atoms with E-state index in [-0.39, 0.29) is 30.5 Å². The van der Waals surface area contributed by atoms with Crippen LogP contribution in [-0.2, 0) is 48.2 Å². The molecule has 4 atom stereocenters. The van der Waals surface area contributed by atoms with Gasteiger partial charge in [0.1, 0.15) is 23.4 Å². The first-order chi connectivity index (χ1) is 26.4. The summed E-state index contributed by atoms with van der Waals surface area (Å²) in [7, 11) is -3.93. The van der Waals surface area contributed by atoms with E-state index in [1.54, 1.807) is 27.7 Å². The summed E-state index contributed by atoms with van der Waals surface area (Å²) >= 11 is 6.00. The number of aliphatic carboxylic acids is 1. The summed E-state index contributed by atoms with van der Waals surface area (Å²) in [6.07, 6.45) is 0.358. The van der Waals surface area contributed by atoms with E-state index in [1.807, 2.05) is 25.1 Å². The van der Waals surface area contributed by atoms with Crippen LogP contribution in [0.25, 0.3) is 0 Å². The summed E-state index contributed by atoms with van der Waals surface area (Å²) in [5.74, 6) is -4.06. The number of carbonyl (C=O) groups excluding carboxylic acids is 3. The number of carbonyl (C=O) groups is 4. The zero-order chi connectivity index (χ0) is 42.3. The van der Waals surface area contributed by atoms with Crippen LogP contribution in [0.3, 0.4) is 0 Å². The number of benzene rings is 2. The van der Waals surface area contributed by atoms with Crippen LogP contribution in [-0.4, -0.2) is 71.0 Å². The van der Waals surface area contributed by atoms with Crippen molar-refractivity contribution < 1.29 is 50.3 Å². The minimum Gasteiger partial charge on any atom is -0.481 e. The molecule has 0 bridgehead atoms. The summed E-state index contributed by atoms with van der Waals surface area (Å²) in [5.41, 5.74) is -1.66. The molecule has 3 amide bonds. The maximum Gasteiger partial charge on any atom is 0.419 e. The SMILES string of the molecule is CC(C)(C)C(Nc1ccc(F)c(C(F)(F)F)c1)C(=O)N1CCCC1C(=O)NC1(C(=O)NS(=O)(=O)C2(C)CC2)CC1C1CC1.CCc1c(Cl)cccc1CCC(=O)O. The van der Waals surface area contributed by atoms with Crippen molar-refractivity contribution in [2.45, 2.75) is 127 Å². The van der Waals surface area contributed by atoms with Gasteiger partial charge in [0, 0.05) is 23.7 Å². The van der Waals surface area contributed by atoms with Crippen LogP contribution in [0.2, 0.25) is 5.02 Å². The lowest BCUT2D eigenvalue weighted by Gasteiger charge is -2.36. The van der Waals surface area contributed by atoms with E-state index in [0.29, 0.717) is 50.7 Å². The van der Waals surface area contributed by atoms with E-state index in [1.165, 1.54) is 4.90 Å². The highest BCUT2D eigenvalue weighted by molar-refractivity contribution is 7.91. The Morgan fingerprint density at radius 1 is 1.05 bits per heavy atom. The smallest absolute Gasteiger partial charge is 0.419 e. The number of alkyl halides is 3. The molecule has 1 heterocycles. The average Bonchev–Trinajstić information content (AvgIpc) is 4.06. The zero-order valence-electron chi connectivity index (χ0n) is 32.7. The first-order valence-corrected chi connectivity index (χ1v) is 21.1. The number of hydrogen-bond acceptors (Lipinski definition) is 7. The highest BCUT2D eigenvalue weighted by Crippen LogP contribution is 2.57. The molecule has 314 valence electrons. The molecular weight excluding hydrogens is 792 g/mol. The molecule has 0 spiro atoms. The molecule has 4 N–H and O–H groups in total. The number of sulfonamides is 1. The van der Waals surface area contributed by atoms with Crippen molar-refractivity contribution in [1.29, 1.82) is 0 Å². The standard InChI is InChI=1S/C29H38F4N4O5S.C11H13ClO2/c1-26(2,3)22(34-17-9-10-20(30)18(14-17)29(31,32)33)24(39)37-13-5-6-21(37)23(38)35-28(15-19(28)16-7-8-16)25(40)36-43(41,42)27(4)11-12-27;1-2-9-8(6-7-11(13)14)4-3-5-10(9)12/h9-10,14,16,19,21-22,34H,5-8,11-13,15H2,1-4H3,(H,35,38)(H,36,40);3-5H,2,6-7H2,1H3,(H,13,14). The maximum absolute atomic E-state index is 13.9. The second-order valence-electron chi connectivity index (χ2n) is 16.9. The van der Waals surface area contributed by atoms with Gasteiger partial charge < -0.3 is 20.6 Å². The minimum absolute atomic E-state index is 0.103. The van der Waals surface area contributed by atoms with Crippen LogP contribution in [0.5, 0.6) is 0 Å². The predicted octanol–water partition coefficient (Wildman–Crippen LogP) is 6.87. The first kappa shape index (κ1) is 44.2. The second kappa shape index (κ2) is 16.4. The molecule has 17 heteroatoms. The third-order valence-electron chi connectivity index (χ3n) is 11.5. The number of hydrogen-bond donors (Lipinski definition) is 4. The lowest BCUT2D eigenvalue weighted by Crippen LogP contribution is -2.59. The van der Waals surface area contributed by atoms with Crippen molar-refractivity contribution in [2.75, 3.05) is 11.9 Å². The number of anilines is 1. The number of halogens is 5. The van der Waals surface area contributed by atoms with Gasteiger partial charge in [-0.3, -0.25) is 23.9 Å². The summed E-state index contributed by atoms with van der Waals surface area (Å²) in [6.45, 7) is 8.94. The maximum atomic E-state index is 13.9. The third kappa shape index (κ3) is 10.0. The number of nitrogens with zero attached hydrogens (tertiary/aromatic N) is 1. The van der Waals surface area contributed by atoms with E-state index in [2.05, 4.69) is 15.4 Å². The summed E-state index contributed by atoms with van der Waals surface area (Å²) in [6, 6.07) is 6.02. The lowest BCUT2D eigenvalue weighted by molar-refractivity contribution is -0.141. The Bertz CT molecular complexity index is 2000. The lowest BCUT2D eigenvalue weighted by atomic mass is 9.85. The molecule has 4 unspecified atom stereocenters. The topological polar surface area (TPSA) is 162 Å². The number of carboxylic acid groups (broad SMARTS) is 1. The Labute approximate surface area is 335 Å². The molecule has 2 aromatic carbocycles. The van der Waals surface area contributed by atoms with Crippen molar-refractivity contribution in [3.8, 4) is 0 Å². The van der Waals surface area contributed by atoms with Gasteiger partial charge in [-0.2, -0.15) is 13.2 Å². The molecule has 0 radical (unpaired) electrons. The van der Waals surface area contributed by atoms with Gasteiger partial charge in [0.05, 0.1) is 10.3 Å². The van der Waals surface area contributed by atoms with Gasteiger partial charge in [0.2, 0.25) is 21.8 Å².